The van der Waals surface area contributed by atoms with Crippen molar-refractivity contribution in [2.75, 3.05) is 0 Å². The van der Waals surface area contributed by atoms with Crippen LogP contribution in [0.4, 0.5) is 0 Å². The molecule has 0 saturated heterocycles. The van der Waals surface area contributed by atoms with Gasteiger partial charge in [-0.15, -0.1) is 0 Å². The minimum Gasteiger partial charge on any atom is -0.331 e. The Morgan fingerprint density at radius 3 is 2.37 bits per heavy atom. The molecule has 4 aromatic rings. The summed E-state index contributed by atoms with van der Waals surface area (Å²) in [5, 5.41) is 1.72. The van der Waals surface area contributed by atoms with Crippen LogP contribution in [0.3, 0.4) is 0 Å². The number of halogens is 1. The number of hydrogen-bond donors (Lipinski definition) is 0. The summed E-state index contributed by atoms with van der Waals surface area (Å²) in [6.07, 6.45) is 3.31. The lowest BCUT2D eigenvalue weighted by Crippen LogP contribution is -2.05. The fraction of sp³-hybridized carbons (Fsp3) is 0.333. The smallest absolute Gasteiger partial charge is 0.129 e. The van der Waals surface area contributed by atoms with Crippen molar-refractivity contribution in [3.05, 3.63) is 58.5 Å². The summed E-state index contributed by atoms with van der Waals surface area (Å²) in [6.45, 7) is 7.82. The fourth-order valence-corrected chi connectivity index (χ4v) is 3.27. The van der Waals surface area contributed by atoms with E-state index in [0.29, 0.717) is 5.02 Å². The van der Waals surface area contributed by atoms with Crippen LogP contribution < -0.4 is 0 Å². The lowest BCUT2D eigenvalue weighted by atomic mass is 10.2. The van der Waals surface area contributed by atoms with Gasteiger partial charge in [-0.25, -0.2) is 15.0 Å². The predicted molar refractivity (Wildman–Crippen MR) is 111 cm³/mol. The first-order valence-electron chi connectivity index (χ1n) is 9.23. The van der Waals surface area contributed by atoms with Gasteiger partial charge >= 0.3 is 0 Å². The minimum atomic E-state index is 0.644. The van der Waals surface area contributed by atoms with Crippen LogP contribution in [0.5, 0.6) is 0 Å². The van der Waals surface area contributed by atoms with E-state index in [1.165, 1.54) is 0 Å². The van der Waals surface area contributed by atoms with Crippen molar-refractivity contribution < 1.29 is 0 Å². The zero-order valence-corrected chi connectivity index (χ0v) is 17.2. The van der Waals surface area contributed by atoms with Gasteiger partial charge < -0.3 is 4.57 Å². The average Bonchev–Trinajstić information content (AvgIpc) is 3.02. The van der Waals surface area contributed by atoms with E-state index in [1.807, 2.05) is 46.9 Å². The van der Waals surface area contributed by atoms with Gasteiger partial charge in [-0.1, -0.05) is 25.4 Å². The fourth-order valence-electron chi connectivity index (χ4n) is 3.19. The molecule has 0 amide bonds. The first-order valence-corrected chi connectivity index (χ1v) is 9.61. The third-order valence-electron chi connectivity index (χ3n) is 4.53. The maximum Gasteiger partial charge on any atom is 0.129 e. The minimum absolute atomic E-state index is 0.644. The van der Waals surface area contributed by atoms with E-state index < -0.39 is 0 Å². The highest BCUT2D eigenvalue weighted by Crippen LogP contribution is 2.24. The Balaban J connectivity index is 0.00000102. The molecule has 4 rings (SSSR count). The van der Waals surface area contributed by atoms with Crippen LogP contribution in [0.2, 0.25) is 5.02 Å². The van der Waals surface area contributed by atoms with Gasteiger partial charge in [0.2, 0.25) is 0 Å². The van der Waals surface area contributed by atoms with E-state index in [-0.39, 0.29) is 0 Å². The molecule has 5 nitrogen and oxygen atoms in total. The van der Waals surface area contributed by atoms with Crippen molar-refractivity contribution in [2.24, 2.45) is 7.05 Å². The third-order valence-corrected chi connectivity index (χ3v) is 5.07. The number of benzene rings is 1. The summed E-state index contributed by atoms with van der Waals surface area (Å²) in [4.78, 5) is 18.3. The molecule has 0 spiro atoms. The number of aryl methyl sites for hydroxylation is 5. The van der Waals surface area contributed by atoms with Gasteiger partial charge in [0.15, 0.2) is 0 Å². The van der Waals surface area contributed by atoms with Gasteiger partial charge in [0.05, 0.1) is 33.0 Å². The molecule has 0 aliphatic rings. The molecule has 0 N–H and O–H groups in total. The van der Waals surface area contributed by atoms with Crippen LogP contribution in [0, 0.1) is 13.8 Å². The number of fused-ring (bicyclic) bond motifs is 3. The number of rotatable bonds is 3. The monoisotopic (exact) mass is 381 g/mol. The van der Waals surface area contributed by atoms with E-state index >= 15 is 0 Å². The quantitative estimate of drug-likeness (QED) is 0.501. The summed E-state index contributed by atoms with van der Waals surface area (Å²) in [5.41, 5.74) is 4.72. The lowest BCUT2D eigenvalue weighted by Gasteiger charge is -2.06. The summed E-state index contributed by atoms with van der Waals surface area (Å²) in [7, 11) is 2.05. The number of aromatic nitrogens is 5. The number of imidazole rings is 1. The van der Waals surface area contributed by atoms with E-state index in [0.717, 1.165) is 57.8 Å². The van der Waals surface area contributed by atoms with Gasteiger partial charge in [-0.2, -0.15) is 0 Å². The Hall–Kier alpha value is -2.53. The van der Waals surface area contributed by atoms with E-state index in [2.05, 4.69) is 31.7 Å². The highest BCUT2D eigenvalue weighted by molar-refractivity contribution is 6.31. The van der Waals surface area contributed by atoms with Crippen molar-refractivity contribution in [1.29, 1.82) is 0 Å². The molecule has 27 heavy (non-hydrogen) atoms. The summed E-state index contributed by atoms with van der Waals surface area (Å²) in [6, 6.07) is 8.13. The SMILES string of the molecule is CC.Cc1nc(CCc2nc3c4cccnc4ccc3n2C)nc(C)c1Cl. The zero-order valence-electron chi connectivity index (χ0n) is 16.4. The largest absolute Gasteiger partial charge is 0.331 e. The van der Waals surface area contributed by atoms with Crippen molar-refractivity contribution >= 4 is 33.5 Å². The second-order valence-corrected chi connectivity index (χ2v) is 6.59. The Labute approximate surface area is 164 Å². The predicted octanol–water partition coefficient (Wildman–Crippen LogP) is 4.99. The number of pyridine rings is 1. The molecule has 0 saturated carbocycles. The van der Waals surface area contributed by atoms with Gasteiger partial charge in [0.25, 0.3) is 0 Å². The van der Waals surface area contributed by atoms with Crippen molar-refractivity contribution in [3.8, 4) is 0 Å². The van der Waals surface area contributed by atoms with Gasteiger partial charge in [0, 0.05) is 31.5 Å². The Bertz CT molecular complexity index is 1080. The van der Waals surface area contributed by atoms with Gasteiger partial charge in [-0.05, 0) is 38.1 Å². The maximum atomic E-state index is 6.15. The average molecular weight is 382 g/mol. The molecule has 0 atom stereocenters. The number of hydrogen-bond acceptors (Lipinski definition) is 4. The summed E-state index contributed by atoms with van der Waals surface area (Å²) in [5.74, 6) is 1.82. The highest BCUT2D eigenvalue weighted by atomic mass is 35.5. The molecule has 0 aliphatic carbocycles. The van der Waals surface area contributed by atoms with Gasteiger partial charge in [-0.3, -0.25) is 4.98 Å². The Morgan fingerprint density at radius 1 is 0.963 bits per heavy atom. The van der Waals surface area contributed by atoms with Crippen LogP contribution >= 0.6 is 11.6 Å². The molecule has 6 heteroatoms. The van der Waals surface area contributed by atoms with Crippen LogP contribution in [0.1, 0.15) is 36.9 Å². The highest BCUT2D eigenvalue weighted by Gasteiger charge is 2.12. The number of nitrogens with zero attached hydrogens (tertiary/aromatic N) is 5. The standard InChI is InChI=1S/C19H18ClN5.C2H6/c1-11-18(20)12(2)23-16(22-11)8-9-17-24-19-13-5-4-10-21-14(13)6-7-15(19)25(17)3;1-2/h4-7,10H,8-9H2,1-3H3;1-2H3. The molecule has 3 heterocycles. The van der Waals surface area contributed by atoms with Crippen LogP contribution in [-0.2, 0) is 19.9 Å². The molecular formula is C21H24ClN5. The van der Waals surface area contributed by atoms with Crippen LogP contribution in [0.15, 0.2) is 30.5 Å². The third kappa shape index (κ3) is 3.65. The topological polar surface area (TPSA) is 56.5 Å². The van der Waals surface area contributed by atoms with E-state index in [4.69, 9.17) is 16.6 Å². The van der Waals surface area contributed by atoms with Crippen molar-refractivity contribution in [2.45, 2.75) is 40.5 Å². The molecule has 1 aromatic carbocycles. The summed E-state index contributed by atoms with van der Waals surface area (Å²) < 4.78 is 2.14. The van der Waals surface area contributed by atoms with Crippen LogP contribution in [-0.4, -0.2) is 24.5 Å². The second-order valence-electron chi connectivity index (χ2n) is 6.22. The molecule has 0 unspecified atom stereocenters. The van der Waals surface area contributed by atoms with Crippen molar-refractivity contribution in [3.63, 3.8) is 0 Å². The molecule has 0 fully saturated rings. The molecule has 0 aliphatic heterocycles. The molecule has 0 radical (unpaired) electrons. The van der Waals surface area contributed by atoms with E-state index in [9.17, 15) is 0 Å². The Morgan fingerprint density at radius 2 is 1.67 bits per heavy atom. The first-order chi connectivity index (χ1) is 13.0. The summed E-state index contributed by atoms with van der Waals surface area (Å²) >= 11 is 6.15. The maximum absolute atomic E-state index is 6.15. The Kier molecular flexibility index (Phi) is 5.71. The van der Waals surface area contributed by atoms with Crippen molar-refractivity contribution in [1.82, 2.24) is 24.5 Å². The second kappa shape index (κ2) is 8.01. The first kappa shape index (κ1) is 19.2. The lowest BCUT2D eigenvalue weighted by molar-refractivity contribution is 0.752. The van der Waals surface area contributed by atoms with Gasteiger partial charge in [0.1, 0.15) is 11.6 Å². The molecule has 140 valence electrons. The molecule has 0 bridgehead atoms. The molecule has 3 aromatic heterocycles. The normalized spacial score (nSPS) is 10.9. The molecular weight excluding hydrogens is 358 g/mol. The van der Waals surface area contributed by atoms with E-state index in [1.54, 1.807) is 6.20 Å². The van der Waals surface area contributed by atoms with Crippen LogP contribution in [0.25, 0.3) is 21.9 Å². The zero-order chi connectivity index (χ0) is 19.6.